The maximum absolute atomic E-state index is 13.6. The van der Waals surface area contributed by atoms with Gasteiger partial charge in [-0.3, -0.25) is 4.90 Å². The molecule has 3 nitrogen and oxygen atoms in total. The molecule has 0 saturated carbocycles. The Hall–Kier alpha value is -1.04. The van der Waals surface area contributed by atoms with Crippen LogP contribution in [0, 0.1) is 11.6 Å². The smallest absolute Gasteiger partial charge is 0.181 e. The van der Waals surface area contributed by atoms with Crippen molar-refractivity contribution in [2.24, 2.45) is 0 Å². The highest BCUT2D eigenvalue weighted by Crippen LogP contribution is 2.30. The molecule has 104 valence electrons. The second-order valence-corrected chi connectivity index (χ2v) is 5.16. The number of nitrogens with zero attached hydrogens (tertiary/aromatic N) is 1. The van der Waals surface area contributed by atoms with Crippen LogP contribution in [-0.2, 0) is 16.0 Å². The third kappa shape index (κ3) is 2.78. The highest BCUT2D eigenvalue weighted by molar-refractivity contribution is 5.18. The Morgan fingerprint density at radius 3 is 2.79 bits per heavy atom. The minimum atomic E-state index is -0.526. The van der Waals surface area contributed by atoms with E-state index in [1.54, 1.807) is 0 Å². The van der Waals surface area contributed by atoms with Gasteiger partial charge in [-0.25, -0.2) is 8.78 Å². The zero-order valence-electron chi connectivity index (χ0n) is 10.7. The minimum absolute atomic E-state index is 0.366. The summed E-state index contributed by atoms with van der Waals surface area (Å²) < 4.78 is 38.1. The third-order valence-corrected chi connectivity index (χ3v) is 3.71. The molecule has 2 fully saturated rings. The summed E-state index contributed by atoms with van der Waals surface area (Å²) in [5.41, 5.74) is 0.384. The maximum atomic E-state index is 13.6. The molecule has 3 rings (SSSR count). The first-order chi connectivity index (χ1) is 9.17. The molecule has 0 bridgehead atoms. The van der Waals surface area contributed by atoms with Gasteiger partial charge in [-0.15, -0.1) is 0 Å². The van der Waals surface area contributed by atoms with E-state index in [0.717, 1.165) is 25.5 Å². The molecule has 2 aliphatic heterocycles. The normalized spacial score (nSPS) is 23.1. The molecule has 1 aromatic rings. The lowest BCUT2D eigenvalue weighted by Crippen LogP contribution is -2.48. The van der Waals surface area contributed by atoms with Gasteiger partial charge in [0.25, 0.3) is 0 Å². The molecule has 0 aliphatic carbocycles. The topological polar surface area (TPSA) is 21.7 Å². The molecule has 1 aromatic carbocycles. The predicted octanol–water partition coefficient (Wildman–Crippen LogP) is 2.30. The van der Waals surface area contributed by atoms with Crippen LogP contribution < -0.4 is 0 Å². The van der Waals surface area contributed by atoms with Crippen molar-refractivity contribution >= 4 is 0 Å². The van der Waals surface area contributed by atoms with Crippen LogP contribution in [0.25, 0.3) is 0 Å². The monoisotopic (exact) mass is 269 g/mol. The molecule has 0 unspecified atom stereocenters. The molecule has 0 atom stereocenters. The molecule has 0 radical (unpaired) electrons. The molecular formula is C14H17F2NO2. The van der Waals surface area contributed by atoms with Crippen LogP contribution in [0.3, 0.4) is 0 Å². The van der Waals surface area contributed by atoms with Gasteiger partial charge in [-0.2, -0.15) is 0 Å². The second-order valence-electron chi connectivity index (χ2n) is 5.16. The van der Waals surface area contributed by atoms with E-state index >= 15 is 0 Å². The van der Waals surface area contributed by atoms with Crippen molar-refractivity contribution in [1.29, 1.82) is 0 Å². The van der Waals surface area contributed by atoms with Crippen molar-refractivity contribution in [1.82, 2.24) is 4.90 Å². The van der Waals surface area contributed by atoms with E-state index < -0.39 is 11.6 Å². The van der Waals surface area contributed by atoms with Crippen LogP contribution in [0.15, 0.2) is 18.2 Å². The van der Waals surface area contributed by atoms with Gasteiger partial charge in [0, 0.05) is 18.5 Å². The number of hydrogen-bond donors (Lipinski definition) is 0. The Kier molecular flexibility index (Phi) is 3.52. The Morgan fingerprint density at radius 2 is 2.00 bits per heavy atom. The molecule has 19 heavy (non-hydrogen) atoms. The lowest BCUT2D eigenvalue weighted by atomic mass is 10.0. The average molecular weight is 269 g/mol. The van der Waals surface area contributed by atoms with Crippen LogP contribution in [0.5, 0.6) is 0 Å². The number of piperidine rings is 1. The van der Waals surface area contributed by atoms with E-state index in [0.29, 0.717) is 31.9 Å². The fourth-order valence-corrected chi connectivity index (χ4v) is 2.84. The average Bonchev–Trinajstić information content (AvgIpc) is 2.82. The van der Waals surface area contributed by atoms with Crippen molar-refractivity contribution in [3.05, 3.63) is 35.4 Å². The number of hydrogen-bond acceptors (Lipinski definition) is 3. The Morgan fingerprint density at radius 1 is 1.21 bits per heavy atom. The molecule has 2 heterocycles. The molecule has 5 heteroatoms. The minimum Gasteiger partial charge on any atom is -0.346 e. The van der Waals surface area contributed by atoms with Crippen molar-refractivity contribution in [2.45, 2.75) is 25.2 Å². The number of ether oxygens (including phenoxy) is 2. The number of rotatable bonds is 2. The molecule has 2 saturated heterocycles. The van der Waals surface area contributed by atoms with Crippen molar-refractivity contribution in [3.8, 4) is 0 Å². The van der Waals surface area contributed by atoms with Crippen LogP contribution in [0.2, 0.25) is 0 Å². The summed E-state index contributed by atoms with van der Waals surface area (Å²) in [6.45, 7) is 3.08. The fourth-order valence-electron chi connectivity index (χ4n) is 2.84. The van der Waals surface area contributed by atoms with E-state index in [-0.39, 0.29) is 5.82 Å². The number of likely N-dealkylation sites (tertiary alicyclic amines) is 1. The highest BCUT2D eigenvalue weighted by Gasteiger charge is 2.40. The first kappa shape index (κ1) is 13.0. The standard InChI is InChI=1S/C14H17F2NO2/c15-12-2-3-13(16)11(8-12)9-17-5-1-4-14(10-17)18-6-7-19-14/h2-3,8H,1,4-7,9-10H2. The lowest BCUT2D eigenvalue weighted by Gasteiger charge is -2.38. The lowest BCUT2D eigenvalue weighted by molar-refractivity contribution is -0.190. The van der Waals surface area contributed by atoms with Gasteiger partial charge in [-0.05, 0) is 31.2 Å². The maximum Gasteiger partial charge on any atom is 0.181 e. The van der Waals surface area contributed by atoms with Crippen LogP contribution in [0.1, 0.15) is 18.4 Å². The van der Waals surface area contributed by atoms with Crippen LogP contribution in [0.4, 0.5) is 8.78 Å². The Labute approximate surface area is 111 Å². The second kappa shape index (κ2) is 5.15. The molecule has 0 N–H and O–H groups in total. The summed E-state index contributed by atoms with van der Waals surface area (Å²) in [7, 11) is 0. The SMILES string of the molecule is Fc1ccc(F)c(CN2CCCC3(C2)OCCO3)c1. The molecule has 0 amide bonds. The summed E-state index contributed by atoms with van der Waals surface area (Å²) in [4.78, 5) is 2.06. The first-order valence-electron chi connectivity index (χ1n) is 6.61. The number of benzene rings is 1. The summed E-state index contributed by atoms with van der Waals surface area (Å²) in [6.07, 6.45) is 1.81. The predicted molar refractivity (Wildman–Crippen MR) is 65.5 cm³/mol. The van der Waals surface area contributed by atoms with Gasteiger partial charge in [0.2, 0.25) is 0 Å². The van der Waals surface area contributed by atoms with E-state index in [1.165, 1.54) is 12.1 Å². The van der Waals surface area contributed by atoms with E-state index in [9.17, 15) is 8.78 Å². The first-order valence-corrected chi connectivity index (χ1v) is 6.61. The molecule has 1 spiro atoms. The van der Waals surface area contributed by atoms with Crippen LogP contribution >= 0.6 is 0 Å². The number of halogens is 2. The van der Waals surface area contributed by atoms with Gasteiger partial charge in [0.05, 0.1) is 19.8 Å². The van der Waals surface area contributed by atoms with Crippen molar-refractivity contribution in [3.63, 3.8) is 0 Å². The van der Waals surface area contributed by atoms with Gasteiger partial charge < -0.3 is 9.47 Å². The van der Waals surface area contributed by atoms with Gasteiger partial charge in [0.15, 0.2) is 5.79 Å². The van der Waals surface area contributed by atoms with Gasteiger partial charge in [-0.1, -0.05) is 0 Å². The zero-order chi connectivity index (χ0) is 13.3. The highest BCUT2D eigenvalue weighted by atomic mass is 19.1. The Balaban J connectivity index is 1.70. The quantitative estimate of drug-likeness (QED) is 0.822. The summed E-state index contributed by atoms with van der Waals surface area (Å²) in [5.74, 6) is -1.30. The zero-order valence-corrected chi connectivity index (χ0v) is 10.7. The summed E-state index contributed by atoms with van der Waals surface area (Å²) >= 11 is 0. The summed E-state index contributed by atoms with van der Waals surface area (Å²) in [5, 5.41) is 0. The van der Waals surface area contributed by atoms with Crippen molar-refractivity contribution < 1.29 is 18.3 Å². The van der Waals surface area contributed by atoms with Crippen molar-refractivity contribution in [2.75, 3.05) is 26.3 Å². The molecule has 0 aromatic heterocycles. The molecular weight excluding hydrogens is 252 g/mol. The third-order valence-electron chi connectivity index (χ3n) is 3.71. The fraction of sp³-hybridized carbons (Fsp3) is 0.571. The van der Waals surface area contributed by atoms with E-state index in [1.807, 2.05) is 0 Å². The van der Waals surface area contributed by atoms with Crippen LogP contribution in [-0.4, -0.2) is 37.0 Å². The van der Waals surface area contributed by atoms with E-state index in [2.05, 4.69) is 4.90 Å². The van der Waals surface area contributed by atoms with Gasteiger partial charge in [0.1, 0.15) is 11.6 Å². The van der Waals surface area contributed by atoms with E-state index in [4.69, 9.17) is 9.47 Å². The summed E-state index contributed by atoms with van der Waals surface area (Å²) in [6, 6.07) is 3.57. The van der Waals surface area contributed by atoms with Gasteiger partial charge >= 0.3 is 0 Å². The Bertz CT molecular complexity index is 461. The molecule has 2 aliphatic rings. The largest absolute Gasteiger partial charge is 0.346 e.